The van der Waals surface area contributed by atoms with E-state index in [0.29, 0.717) is 13.2 Å². The summed E-state index contributed by atoms with van der Waals surface area (Å²) in [6.45, 7) is 0.737. The molecule has 0 amide bonds. The van der Waals surface area contributed by atoms with Crippen LogP contribution in [0.15, 0.2) is 0 Å². The van der Waals surface area contributed by atoms with Crippen LogP contribution < -0.4 is 5.73 Å². The molecule has 1 unspecified atom stereocenters. The summed E-state index contributed by atoms with van der Waals surface area (Å²) in [5.41, 5.74) is 5.58. The summed E-state index contributed by atoms with van der Waals surface area (Å²) in [4.78, 5) is 1.55. The van der Waals surface area contributed by atoms with Gasteiger partial charge in [0.2, 0.25) is 0 Å². The summed E-state index contributed by atoms with van der Waals surface area (Å²) in [6, 6.07) is -0.238. The first kappa shape index (κ1) is 13.7. The Hall–Kier alpha value is -0.330. The van der Waals surface area contributed by atoms with Gasteiger partial charge in [-0.05, 0) is 7.05 Å². The number of nitrogens with zero attached hydrogens (tertiary/aromatic N) is 1. The summed E-state index contributed by atoms with van der Waals surface area (Å²) in [5, 5.41) is 0. The molecule has 0 saturated heterocycles. The number of halogens is 3. The van der Waals surface area contributed by atoms with Crippen molar-refractivity contribution in [3.8, 4) is 0 Å². The van der Waals surface area contributed by atoms with Gasteiger partial charge < -0.3 is 15.4 Å². The second-order valence-corrected chi connectivity index (χ2v) is 3.34. The van der Waals surface area contributed by atoms with Crippen molar-refractivity contribution < 1.29 is 17.9 Å². The number of alkyl halides is 3. The zero-order chi connectivity index (χ0) is 11.2. The van der Waals surface area contributed by atoms with Crippen LogP contribution in [0.4, 0.5) is 13.2 Å². The van der Waals surface area contributed by atoms with E-state index in [0.717, 1.165) is 0 Å². The normalized spacial score (nSPS) is 14.8. The van der Waals surface area contributed by atoms with Crippen molar-refractivity contribution in [3.63, 3.8) is 0 Å². The molecule has 2 N–H and O–H groups in total. The van der Waals surface area contributed by atoms with Crippen LogP contribution in [0.5, 0.6) is 0 Å². The fraction of sp³-hybridized carbons (Fsp3) is 1.00. The van der Waals surface area contributed by atoms with Gasteiger partial charge in [-0.15, -0.1) is 0 Å². The van der Waals surface area contributed by atoms with Gasteiger partial charge in [0.15, 0.2) is 0 Å². The van der Waals surface area contributed by atoms with Crippen molar-refractivity contribution in [2.24, 2.45) is 5.73 Å². The zero-order valence-corrected chi connectivity index (χ0v) is 8.47. The number of ether oxygens (including phenoxy) is 1. The molecule has 0 saturated carbocycles. The van der Waals surface area contributed by atoms with Crippen LogP contribution in [0, 0.1) is 0 Å². The van der Waals surface area contributed by atoms with Crippen molar-refractivity contribution in [2.75, 3.05) is 33.9 Å². The molecule has 0 spiro atoms. The first-order chi connectivity index (χ1) is 6.35. The Balaban J connectivity index is 3.59. The molecule has 0 aliphatic carbocycles. The molecular weight excluding hydrogens is 197 g/mol. The van der Waals surface area contributed by atoms with Crippen molar-refractivity contribution in [1.82, 2.24) is 4.90 Å². The molecule has 1 atom stereocenters. The molecule has 0 aliphatic rings. The van der Waals surface area contributed by atoms with Crippen LogP contribution in [0.3, 0.4) is 0 Å². The molecule has 14 heavy (non-hydrogen) atoms. The highest BCUT2D eigenvalue weighted by atomic mass is 19.4. The molecule has 86 valence electrons. The van der Waals surface area contributed by atoms with E-state index in [9.17, 15) is 13.2 Å². The first-order valence-electron chi connectivity index (χ1n) is 4.35. The third kappa shape index (κ3) is 8.28. The standard InChI is InChI=1S/C8H17F3N2O/c1-13(4-3-8(9,10)11)5-7(12)6-14-2/h7H,3-6,12H2,1-2H3. The van der Waals surface area contributed by atoms with Crippen LogP contribution in [-0.4, -0.2) is 51.0 Å². The Bertz CT molecular complexity index is 152. The molecule has 0 aromatic heterocycles. The maximum absolute atomic E-state index is 11.8. The predicted octanol–water partition coefficient (Wildman–Crippen LogP) is 0.844. The highest BCUT2D eigenvalue weighted by Crippen LogP contribution is 2.19. The van der Waals surface area contributed by atoms with Gasteiger partial charge in [0.1, 0.15) is 0 Å². The maximum Gasteiger partial charge on any atom is 0.390 e. The second kappa shape index (κ2) is 6.21. The average molecular weight is 214 g/mol. The largest absolute Gasteiger partial charge is 0.390 e. The zero-order valence-electron chi connectivity index (χ0n) is 8.47. The number of hydrogen-bond acceptors (Lipinski definition) is 3. The number of methoxy groups -OCH3 is 1. The van der Waals surface area contributed by atoms with E-state index in [2.05, 4.69) is 0 Å². The Morgan fingerprint density at radius 1 is 1.43 bits per heavy atom. The van der Waals surface area contributed by atoms with Crippen molar-refractivity contribution >= 4 is 0 Å². The first-order valence-corrected chi connectivity index (χ1v) is 4.35. The van der Waals surface area contributed by atoms with Gasteiger partial charge in [0, 0.05) is 26.2 Å². The molecular formula is C8H17F3N2O. The Labute approximate surface area is 82.0 Å². The van der Waals surface area contributed by atoms with Gasteiger partial charge in [-0.25, -0.2) is 0 Å². The van der Waals surface area contributed by atoms with Crippen LogP contribution in [0.25, 0.3) is 0 Å². The second-order valence-electron chi connectivity index (χ2n) is 3.34. The number of rotatable bonds is 6. The molecule has 0 aromatic rings. The van der Waals surface area contributed by atoms with E-state index in [1.807, 2.05) is 0 Å². The van der Waals surface area contributed by atoms with Gasteiger partial charge in [-0.3, -0.25) is 0 Å². The minimum Gasteiger partial charge on any atom is -0.383 e. The van der Waals surface area contributed by atoms with Crippen LogP contribution in [0.2, 0.25) is 0 Å². The monoisotopic (exact) mass is 214 g/mol. The van der Waals surface area contributed by atoms with E-state index < -0.39 is 12.6 Å². The molecule has 0 aliphatic heterocycles. The molecule has 0 radical (unpaired) electrons. The fourth-order valence-electron chi connectivity index (χ4n) is 1.08. The minimum atomic E-state index is -4.10. The molecule has 6 heteroatoms. The molecule has 0 rings (SSSR count). The minimum absolute atomic E-state index is 0.0269. The number of likely N-dealkylation sites (N-methyl/N-ethyl adjacent to an activating group) is 1. The van der Waals surface area contributed by atoms with Gasteiger partial charge in [0.05, 0.1) is 13.0 Å². The van der Waals surface area contributed by atoms with Gasteiger partial charge in [0.25, 0.3) is 0 Å². The van der Waals surface area contributed by atoms with E-state index in [-0.39, 0.29) is 12.6 Å². The summed E-state index contributed by atoms with van der Waals surface area (Å²) >= 11 is 0. The Morgan fingerprint density at radius 3 is 2.43 bits per heavy atom. The molecule has 0 bridgehead atoms. The molecule has 0 aromatic carbocycles. The Morgan fingerprint density at radius 2 is 2.00 bits per heavy atom. The van der Waals surface area contributed by atoms with Gasteiger partial charge in [-0.1, -0.05) is 0 Å². The molecule has 0 heterocycles. The highest BCUT2D eigenvalue weighted by Gasteiger charge is 2.27. The topological polar surface area (TPSA) is 38.5 Å². The summed E-state index contributed by atoms with van der Waals surface area (Å²) in [5.74, 6) is 0. The lowest BCUT2D eigenvalue weighted by atomic mass is 10.3. The predicted molar refractivity (Wildman–Crippen MR) is 48.0 cm³/mol. The fourth-order valence-corrected chi connectivity index (χ4v) is 1.08. The highest BCUT2D eigenvalue weighted by molar-refractivity contribution is 4.66. The quantitative estimate of drug-likeness (QED) is 0.712. The van der Waals surface area contributed by atoms with E-state index in [4.69, 9.17) is 10.5 Å². The SMILES string of the molecule is COCC(N)CN(C)CCC(F)(F)F. The third-order valence-corrected chi connectivity index (χ3v) is 1.70. The third-order valence-electron chi connectivity index (χ3n) is 1.70. The smallest absolute Gasteiger partial charge is 0.383 e. The lowest BCUT2D eigenvalue weighted by Crippen LogP contribution is -2.39. The number of hydrogen-bond donors (Lipinski definition) is 1. The van der Waals surface area contributed by atoms with Gasteiger partial charge >= 0.3 is 6.18 Å². The van der Waals surface area contributed by atoms with Crippen molar-refractivity contribution in [3.05, 3.63) is 0 Å². The molecule has 3 nitrogen and oxygen atoms in total. The average Bonchev–Trinajstić information content (AvgIpc) is 2.00. The van der Waals surface area contributed by atoms with E-state index in [1.54, 1.807) is 11.9 Å². The summed E-state index contributed by atoms with van der Waals surface area (Å²) in [7, 11) is 3.12. The summed E-state index contributed by atoms with van der Waals surface area (Å²) in [6.07, 6.45) is -4.90. The van der Waals surface area contributed by atoms with Crippen LogP contribution >= 0.6 is 0 Å². The van der Waals surface area contributed by atoms with E-state index in [1.165, 1.54) is 7.11 Å². The van der Waals surface area contributed by atoms with Crippen LogP contribution in [0.1, 0.15) is 6.42 Å². The van der Waals surface area contributed by atoms with Crippen molar-refractivity contribution in [2.45, 2.75) is 18.6 Å². The summed E-state index contributed by atoms with van der Waals surface area (Å²) < 4.78 is 40.2. The lowest BCUT2D eigenvalue weighted by molar-refractivity contribution is -0.137. The Kier molecular flexibility index (Phi) is 6.06. The molecule has 0 fully saturated rings. The van der Waals surface area contributed by atoms with E-state index >= 15 is 0 Å². The number of nitrogens with two attached hydrogens (primary N) is 1. The maximum atomic E-state index is 11.8. The van der Waals surface area contributed by atoms with Gasteiger partial charge in [-0.2, -0.15) is 13.2 Å². The van der Waals surface area contributed by atoms with Crippen molar-refractivity contribution in [1.29, 1.82) is 0 Å². The van der Waals surface area contributed by atoms with Crippen LogP contribution in [-0.2, 0) is 4.74 Å². The lowest BCUT2D eigenvalue weighted by Gasteiger charge is -2.21.